The molecule has 0 spiro atoms. The van der Waals surface area contributed by atoms with Crippen LogP contribution in [-0.4, -0.2) is 32.3 Å². The number of nitrogens with two attached hydrogens (primary N) is 1. The van der Waals surface area contributed by atoms with Crippen LogP contribution < -0.4 is 11.2 Å². The van der Waals surface area contributed by atoms with Gasteiger partial charge in [-0.15, -0.1) is 0 Å². The number of allylic oxidation sites excluding steroid dienone is 1. The zero-order chi connectivity index (χ0) is 14.2. The van der Waals surface area contributed by atoms with Gasteiger partial charge in [-0.3, -0.25) is 4.79 Å². The molecular weight excluding hydrogens is 258 g/mol. The summed E-state index contributed by atoms with van der Waals surface area (Å²) in [6, 6.07) is 9.74. The summed E-state index contributed by atoms with van der Waals surface area (Å²) in [5, 5.41) is 14.1. The van der Waals surface area contributed by atoms with Crippen LogP contribution >= 0.6 is 0 Å². The van der Waals surface area contributed by atoms with Gasteiger partial charge in [0.15, 0.2) is 0 Å². The first-order valence-electron chi connectivity index (χ1n) is 5.81. The molecule has 20 heavy (non-hydrogen) atoms. The van der Waals surface area contributed by atoms with Crippen molar-refractivity contribution in [2.24, 2.45) is 5.10 Å². The van der Waals surface area contributed by atoms with Crippen LogP contribution in [0.4, 0.5) is 5.95 Å². The standard InChI is InChI=1S/C12H13N7O/c13-12-16-17-18-19(12)9-11(20)15-14-8-4-7-10-5-2-1-3-6-10/h1-8H,9H2,(H,15,20)(H2,13,16,18)/b7-4+,14-8-. The highest BCUT2D eigenvalue weighted by atomic mass is 16.2. The molecule has 2 rings (SSSR count). The Bertz CT molecular complexity index is 618. The third-order valence-corrected chi connectivity index (χ3v) is 2.29. The van der Waals surface area contributed by atoms with Crippen LogP contribution in [0.15, 0.2) is 41.5 Å². The van der Waals surface area contributed by atoms with Crippen molar-refractivity contribution in [3.05, 3.63) is 42.0 Å². The van der Waals surface area contributed by atoms with E-state index >= 15 is 0 Å². The van der Waals surface area contributed by atoms with E-state index in [1.54, 1.807) is 6.08 Å². The summed E-state index contributed by atoms with van der Waals surface area (Å²) in [5.41, 5.74) is 8.82. The first-order valence-corrected chi connectivity index (χ1v) is 5.81. The number of carbonyl (C=O) groups is 1. The van der Waals surface area contributed by atoms with Crippen LogP contribution in [0.5, 0.6) is 0 Å². The van der Waals surface area contributed by atoms with E-state index in [2.05, 4.69) is 26.1 Å². The van der Waals surface area contributed by atoms with Crippen molar-refractivity contribution in [1.82, 2.24) is 25.6 Å². The molecule has 2 aromatic rings. The minimum atomic E-state index is -0.367. The molecule has 1 aromatic carbocycles. The SMILES string of the molecule is Nc1nnnn1CC(=O)N/N=C\C=C\c1ccccc1. The van der Waals surface area contributed by atoms with Gasteiger partial charge in [-0.1, -0.05) is 41.5 Å². The van der Waals surface area contributed by atoms with Gasteiger partial charge >= 0.3 is 0 Å². The Morgan fingerprint density at radius 2 is 2.20 bits per heavy atom. The number of nitrogens with one attached hydrogen (secondary N) is 1. The number of hydrogen-bond acceptors (Lipinski definition) is 6. The lowest BCUT2D eigenvalue weighted by molar-refractivity contribution is -0.121. The van der Waals surface area contributed by atoms with E-state index in [1.807, 2.05) is 36.4 Å². The van der Waals surface area contributed by atoms with Gasteiger partial charge in [-0.25, -0.2) is 10.1 Å². The van der Waals surface area contributed by atoms with Gasteiger partial charge in [0.2, 0.25) is 5.95 Å². The van der Waals surface area contributed by atoms with Crippen molar-refractivity contribution < 1.29 is 4.79 Å². The predicted octanol–water partition coefficient (Wildman–Crippen LogP) is 0.0707. The molecule has 3 N–H and O–H groups in total. The number of nitrogen functional groups attached to an aromatic ring is 1. The molecule has 0 atom stereocenters. The number of hydrazone groups is 1. The number of hydrogen-bond donors (Lipinski definition) is 2. The quantitative estimate of drug-likeness (QED) is 0.590. The number of benzene rings is 1. The highest BCUT2D eigenvalue weighted by Gasteiger charge is 2.05. The van der Waals surface area contributed by atoms with Crippen LogP contribution in [0, 0.1) is 0 Å². The van der Waals surface area contributed by atoms with Crippen LogP contribution in [-0.2, 0) is 11.3 Å². The maximum atomic E-state index is 11.5. The fourth-order valence-electron chi connectivity index (χ4n) is 1.37. The summed E-state index contributed by atoms with van der Waals surface area (Å²) in [5.74, 6) is -0.290. The lowest BCUT2D eigenvalue weighted by Crippen LogP contribution is -2.24. The predicted molar refractivity (Wildman–Crippen MR) is 74.3 cm³/mol. The third-order valence-electron chi connectivity index (χ3n) is 2.29. The second kappa shape index (κ2) is 6.78. The molecule has 0 aliphatic rings. The number of carbonyl (C=O) groups excluding carboxylic acids is 1. The Kier molecular flexibility index (Phi) is 4.55. The zero-order valence-electron chi connectivity index (χ0n) is 10.5. The second-order valence-corrected chi connectivity index (χ2v) is 3.78. The molecule has 8 nitrogen and oxygen atoms in total. The van der Waals surface area contributed by atoms with E-state index in [0.29, 0.717) is 0 Å². The molecule has 0 saturated carbocycles. The monoisotopic (exact) mass is 271 g/mol. The van der Waals surface area contributed by atoms with Crippen molar-refractivity contribution in [3.63, 3.8) is 0 Å². The normalized spacial score (nSPS) is 11.2. The zero-order valence-corrected chi connectivity index (χ0v) is 10.5. The summed E-state index contributed by atoms with van der Waals surface area (Å²) in [7, 11) is 0. The largest absolute Gasteiger partial charge is 0.367 e. The second-order valence-electron chi connectivity index (χ2n) is 3.78. The molecule has 0 aliphatic heterocycles. The fourth-order valence-corrected chi connectivity index (χ4v) is 1.37. The molecular formula is C12H13N7O. The number of aromatic nitrogens is 4. The Balaban J connectivity index is 1.77. The van der Waals surface area contributed by atoms with Crippen molar-refractivity contribution in [3.8, 4) is 0 Å². The number of amides is 1. The minimum absolute atomic E-state index is 0.0769. The summed E-state index contributed by atoms with van der Waals surface area (Å²) in [6.45, 7) is -0.0847. The summed E-state index contributed by atoms with van der Waals surface area (Å²) in [6.07, 6.45) is 5.07. The molecule has 0 bridgehead atoms. The van der Waals surface area contributed by atoms with E-state index in [0.717, 1.165) is 5.56 Å². The average Bonchev–Trinajstić information content (AvgIpc) is 2.85. The van der Waals surface area contributed by atoms with Crippen molar-refractivity contribution >= 4 is 24.1 Å². The lowest BCUT2D eigenvalue weighted by atomic mass is 10.2. The molecule has 0 aliphatic carbocycles. The summed E-state index contributed by atoms with van der Waals surface area (Å²) in [4.78, 5) is 11.5. The third kappa shape index (κ3) is 4.02. The molecule has 1 heterocycles. The highest BCUT2D eigenvalue weighted by Crippen LogP contribution is 1.99. The number of tetrazole rings is 1. The van der Waals surface area contributed by atoms with E-state index in [4.69, 9.17) is 5.73 Å². The number of anilines is 1. The van der Waals surface area contributed by atoms with Gasteiger partial charge in [-0.05, 0) is 22.1 Å². The molecule has 0 fully saturated rings. The lowest BCUT2D eigenvalue weighted by Gasteiger charge is -1.99. The average molecular weight is 271 g/mol. The van der Waals surface area contributed by atoms with Gasteiger partial charge in [0.25, 0.3) is 5.91 Å². The van der Waals surface area contributed by atoms with Crippen molar-refractivity contribution in [2.75, 3.05) is 5.73 Å². The molecule has 8 heteroatoms. The molecule has 102 valence electrons. The van der Waals surface area contributed by atoms with Gasteiger partial charge in [-0.2, -0.15) is 5.10 Å². The molecule has 0 unspecified atom stereocenters. The van der Waals surface area contributed by atoms with Gasteiger partial charge in [0.05, 0.1) is 0 Å². The maximum Gasteiger partial charge on any atom is 0.261 e. The fraction of sp³-hybridized carbons (Fsp3) is 0.0833. The Morgan fingerprint density at radius 3 is 2.90 bits per heavy atom. The van der Waals surface area contributed by atoms with Crippen LogP contribution in [0.25, 0.3) is 6.08 Å². The highest BCUT2D eigenvalue weighted by molar-refractivity contribution is 5.81. The first kappa shape index (κ1) is 13.4. The first-order chi connectivity index (χ1) is 9.75. The van der Waals surface area contributed by atoms with Crippen LogP contribution in [0.2, 0.25) is 0 Å². The van der Waals surface area contributed by atoms with Gasteiger partial charge in [0.1, 0.15) is 6.54 Å². The Hall–Kier alpha value is -3.03. The topological polar surface area (TPSA) is 111 Å². The van der Waals surface area contributed by atoms with E-state index in [-0.39, 0.29) is 18.4 Å². The maximum absolute atomic E-state index is 11.5. The Labute approximate surface area is 115 Å². The number of nitrogens with zero attached hydrogens (tertiary/aromatic N) is 5. The molecule has 1 aromatic heterocycles. The smallest absolute Gasteiger partial charge is 0.261 e. The summed E-state index contributed by atoms with van der Waals surface area (Å²) < 4.78 is 1.17. The van der Waals surface area contributed by atoms with Crippen molar-refractivity contribution in [2.45, 2.75) is 6.54 Å². The Morgan fingerprint density at radius 1 is 1.40 bits per heavy atom. The van der Waals surface area contributed by atoms with E-state index < -0.39 is 0 Å². The van der Waals surface area contributed by atoms with Crippen molar-refractivity contribution in [1.29, 1.82) is 0 Å². The van der Waals surface area contributed by atoms with Gasteiger partial charge in [0, 0.05) is 6.21 Å². The molecule has 1 amide bonds. The minimum Gasteiger partial charge on any atom is -0.367 e. The van der Waals surface area contributed by atoms with E-state index in [9.17, 15) is 4.79 Å². The number of rotatable bonds is 5. The van der Waals surface area contributed by atoms with Crippen LogP contribution in [0.1, 0.15) is 5.56 Å². The van der Waals surface area contributed by atoms with Gasteiger partial charge < -0.3 is 5.73 Å². The summed E-state index contributed by atoms with van der Waals surface area (Å²) >= 11 is 0. The van der Waals surface area contributed by atoms with E-state index in [1.165, 1.54) is 10.9 Å². The van der Waals surface area contributed by atoms with Crippen LogP contribution in [0.3, 0.4) is 0 Å². The molecule has 0 saturated heterocycles. The molecule has 0 radical (unpaired) electrons.